The lowest BCUT2D eigenvalue weighted by molar-refractivity contribution is -0.385. The maximum absolute atomic E-state index is 13.2. The molecule has 10 heteroatoms. The first kappa shape index (κ1) is 23.6. The van der Waals surface area contributed by atoms with Gasteiger partial charge < -0.3 is 19.7 Å². The van der Waals surface area contributed by atoms with Crippen LogP contribution in [-0.2, 0) is 16.1 Å². The Balaban J connectivity index is 2.17. The molecular weight excluding hydrogens is 409 g/mol. The van der Waals surface area contributed by atoms with E-state index in [4.69, 9.17) is 9.47 Å². The number of nitrogens with one attached hydrogen (secondary N) is 1. The standard InChI is InChI=1S/C21H24FN3O6/c1-4-23-21(27)14(2)24(12-15-5-7-16(22)8-6-15)20(26)13-31-17-9-10-18(25(28)29)19(11-17)30-3/h5-11,14H,4,12-13H2,1-3H3,(H,23,27)/t14-/m0/s1. The molecule has 0 aromatic heterocycles. The van der Waals surface area contributed by atoms with Gasteiger partial charge in [0, 0.05) is 25.2 Å². The van der Waals surface area contributed by atoms with Crippen LogP contribution in [0.3, 0.4) is 0 Å². The lowest BCUT2D eigenvalue weighted by Crippen LogP contribution is -2.49. The molecule has 2 rings (SSSR count). The minimum absolute atomic E-state index is 0.00573. The number of likely N-dealkylation sites (N-methyl/N-ethyl adjacent to an activating group) is 1. The van der Waals surface area contributed by atoms with Gasteiger partial charge in [0.05, 0.1) is 12.0 Å². The Kier molecular flexibility index (Phi) is 8.30. The van der Waals surface area contributed by atoms with Gasteiger partial charge in [0.15, 0.2) is 6.61 Å². The predicted molar refractivity (Wildman–Crippen MR) is 110 cm³/mol. The lowest BCUT2D eigenvalue weighted by Gasteiger charge is -2.28. The molecule has 0 saturated heterocycles. The Morgan fingerprint density at radius 1 is 1.23 bits per heavy atom. The van der Waals surface area contributed by atoms with E-state index >= 15 is 0 Å². The summed E-state index contributed by atoms with van der Waals surface area (Å²) in [6.45, 7) is 3.42. The quantitative estimate of drug-likeness (QED) is 0.456. The Labute approximate surface area is 178 Å². The molecule has 0 heterocycles. The number of hydrogen-bond acceptors (Lipinski definition) is 6. The predicted octanol–water partition coefficient (Wildman–Crippen LogP) is 2.67. The summed E-state index contributed by atoms with van der Waals surface area (Å²) in [6, 6.07) is 8.68. The highest BCUT2D eigenvalue weighted by atomic mass is 19.1. The number of halogens is 1. The summed E-state index contributed by atoms with van der Waals surface area (Å²) >= 11 is 0. The number of hydrogen-bond donors (Lipinski definition) is 1. The van der Waals surface area contributed by atoms with Crippen LogP contribution in [0.15, 0.2) is 42.5 Å². The second kappa shape index (κ2) is 10.9. The fraction of sp³-hybridized carbons (Fsp3) is 0.333. The van der Waals surface area contributed by atoms with E-state index < -0.39 is 29.3 Å². The van der Waals surface area contributed by atoms with Gasteiger partial charge in [0.2, 0.25) is 11.7 Å². The molecule has 2 aromatic rings. The van der Waals surface area contributed by atoms with Crippen molar-refractivity contribution in [2.45, 2.75) is 26.4 Å². The number of nitrogens with zero attached hydrogens (tertiary/aromatic N) is 2. The van der Waals surface area contributed by atoms with Gasteiger partial charge in [-0.2, -0.15) is 0 Å². The topological polar surface area (TPSA) is 111 Å². The van der Waals surface area contributed by atoms with Crippen molar-refractivity contribution in [3.63, 3.8) is 0 Å². The number of amides is 2. The number of rotatable bonds is 10. The van der Waals surface area contributed by atoms with Crippen LogP contribution in [0.4, 0.5) is 10.1 Å². The second-order valence-corrected chi connectivity index (χ2v) is 6.60. The maximum Gasteiger partial charge on any atom is 0.311 e. The number of carbonyl (C=O) groups is 2. The molecule has 1 N–H and O–H groups in total. The first-order valence-corrected chi connectivity index (χ1v) is 9.53. The van der Waals surface area contributed by atoms with Crippen LogP contribution < -0.4 is 14.8 Å². The van der Waals surface area contributed by atoms with E-state index in [1.165, 1.54) is 54.5 Å². The number of carbonyl (C=O) groups excluding carboxylic acids is 2. The third kappa shape index (κ3) is 6.39. The van der Waals surface area contributed by atoms with Gasteiger partial charge >= 0.3 is 5.69 Å². The molecule has 0 radical (unpaired) electrons. The molecular formula is C21H24FN3O6. The Morgan fingerprint density at radius 2 is 1.90 bits per heavy atom. The molecule has 0 bridgehead atoms. The van der Waals surface area contributed by atoms with E-state index in [1.807, 2.05) is 0 Å². The van der Waals surface area contributed by atoms with Gasteiger partial charge in [0.25, 0.3) is 5.91 Å². The van der Waals surface area contributed by atoms with Crippen molar-refractivity contribution in [2.24, 2.45) is 0 Å². The number of ether oxygens (including phenoxy) is 2. The minimum atomic E-state index is -0.799. The van der Waals surface area contributed by atoms with Gasteiger partial charge in [-0.05, 0) is 37.6 Å². The third-order valence-corrected chi connectivity index (χ3v) is 4.49. The molecule has 31 heavy (non-hydrogen) atoms. The van der Waals surface area contributed by atoms with Crippen molar-refractivity contribution in [1.29, 1.82) is 0 Å². The summed E-state index contributed by atoms with van der Waals surface area (Å²) < 4.78 is 23.7. The molecule has 0 aliphatic carbocycles. The van der Waals surface area contributed by atoms with Crippen molar-refractivity contribution in [3.8, 4) is 11.5 Å². The highest BCUT2D eigenvalue weighted by Gasteiger charge is 2.26. The summed E-state index contributed by atoms with van der Waals surface area (Å²) in [4.78, 5) is 36.9. The average Bonchev–Trinajstić information content (AvgIpc) is 2.76. The van der Waals surface area contributed by atoms with Gasteiger partial charge in [0.1, 0.15) is 17.6 Å². The maximum atomic E-state index is 13.2. The van der Waals surface area contributed by atoms with Gasteiger partial charge in [-0.25, -0.2) is 4.39 Å². The molecule has 1 atom stereocenters. The third-order valence-electron chi connectivity index (χ3n) is 4.49. The van der Waals surface area contributed by atoms with Crippen LogP contribution in [0.5, 0.6) is 11.5 Å². The smallest absolute Gasteiger partial charge is 0.311 e. The second-order valence-electron chi connectivity index (χ2n) is 6.60. The van der Waals surface area contributed by atoms with Crippen LogP contribution in [0.2, 0.25) is 0 Å². The summed E-state index contributed by atoms with van der Waals surface area (Å²) in [5.74, 6) is -1.04. The number of methoxy groups -OCH3 is 1. The largest absolute Gasteiger partial charge is 0.490 e. The van der Waals surface area contributed by atoms with Crippen molar-refractivity contribution in [3.05, 3.63) is 64.0 Å². The molecule has 0 fully saturated rings. The van der Waals surface area contributed by atoms with Gasteiger partial charge in [-0.15, -0.1) is 0 Å². The number of nitro groups is 1. The van der Waals surface area contributed by atoms with Crippen molar-refractivity contribution in [1.82, 2.24) is 10.2 Å². The van der Waals surface area contributed by atoms with Crippen LogP contribution in [0, 0.1) is 15.9 Å². The fourth-order valence-electron chi connectivity index (χ4n) is 2.82. The Bertz CT molecular complexity index is 935. The van der Waals surface area contributed by atoms with Crippen LogP contribution in [0.1, 0.15) is 19.4 Å². The van der Waals surface area contributed by atoms with Gasteiger partial charge in [-0.1, -0.05) is 12.1 Å². The molecule has 9 nitrogen and oxygen atoms in total. The molecule has 0 saturated carbocycles. The monoisotopic (exact) mass is 433 g/mol. The normalized spacial score (nSPS) is 11.4. The zero-order valence-corrected chi connectivity index (χ0v) is 17.5. The van der Waals surface area contributed by atoms with E-state index in [-0.39, 0.29) is 29.6 Å². The Morgan fingerprint density at radius 3 is 2.48 bits per heavy atom. The zero-order valence-electron chi connectivity index (χ0n) is 17.5. The molecule has 2 aromatic carbocycles. The summed E-state index contributed by atoms with van der Waals surface area (Å²) in [7, 11) is 1.29. The van der Waals surface area contributed by atoms with E-state index in [0.717, 1.165) is 0 Å². The van der Waals surface area contributed by atoms with Crippen molar-refractivity contribution < 1.29 is 28.4 Å². The van der Waals surface area contributed by atoms with Crippen LogP contribution in [0.25, 0.3) is 0 Å². The molecule has 0 aliphatic heterocycles. The molecule has 0 aliphatic rings. The van der Waals surface area contributed by atoms with E-state index in [2.05, 4.69) is 5.32 Å². The summed E-state index contributed by atoms with van der Waals surface area (Å²) in [6.07, 6.45) is 0. The van der Waals surface area contributed by atoms with Crippen molar-refractivity contribution in [2.75, 3.05) is 20.3 Å². The van der Waals surface area contributed by atoms with E-state index in [0.29, 0.717) is 12.1 Å². The Hall–Kier alpha value is -3.69. The molecule has 0 spiro atoms. The minimum Gasteiger partial charge on any atom is -0.490 e. The summed E-state index contributed by atoms with van der Waals surface area (Å²) in [5, 5.41) is 13.7. The van der Waals surface area contributed by atoms with Crippen molar-refractivity contribution >= 4 is 17.5 Å². The van der Waals surface area contributed by atoms with Crippen LogP contribution >= 0.6 is 0 Å². The summed E-state index contributed by atoms with van der Waals surface area (Å²) in [5.41, 5.74) is 0.409. The SMILES string of the molecule is CCNC(=O)[C@H](C)N(Cc1ccc(F)cc1)C(=O)COc1ccc([N+](=O)[O-])c(OC)c1. The van der Waals surface area contributed by atoms with E-state index in [1.54, 1.807) is 13.8 Å². The highest BCUT2D eigenvalue weighted by Crippen LogP contribution is 2.30. The first-order chi connectivity index (χ1) is 14.8. The van der Waals surface area contributed by atoms with E-state index in [9.17, 15) is 24.1 Å². The zero-order chi connectivity index (χ0) is 23.0. The average molecular weight is 433 g/mol. The fourth-order valence-corrected chi connectivity index (χ4v) is 2.82. The van der Waals surface area contributed by atoms with Crippen LogP contribution in [-0.4, -0.2) is 47.9 Å². The lowest BCUT2D eigenvalue weighted by atomic mass is 10.1. The first-order valence-electron chi connectivity index (χ1n) is 9.53. The number of nitro benzene ring substituents is 1. The molecule has 2 amide bonds. The van der Waals surface area contributed by atoms with Gasteiger partial charge in [-0.3, -0.25) is 19.7 Å². The molecule has 0 unspecified atom stereocenters. The molecule has 166 valence electrons. The number of benzene rings is 2. The highest BCUT2D eigenvalue weighted by molar-refractivity contribution is 5.87.